The molecule has 0 saturated carbocycles. The van der Waals surface area contributed by atoms with E-state index in [0.29, 0.717) is 18.1 Å². The van der Waals surface area contributed by atoms with E-state index in [1.54, 1.807) is 25.1 Å². The molecule has 7 heteroatoms. The van der Waals surface area contributed by atoms with Gasteiger partial charge in [0.25, 0.3) is 0 Å². The van der Waals surface area contributed by atoms with Crippen molar-refractivity contribution in [2.24, 2.45) is 0 Å². The lowest BCUT2D eigenvalue weighted by Crippen LogP contribution is -2.07. The van der Waals surface area contributed by atoms with Crippen molar-refractivity contribution in [1.82, 2.24) is 19.6 Å². The second-order valence-corrected chi connectivity index (χ2v) is 6.01. The van der Waals surface area contributed by atoms with Crippen LogP contribution in [0.5, 0.6) is 0 Å². The molecule has 0 aliphatic heterocycles. The molecule has 2 aromatic heterocycles. The second kappa shape index (κ2) is 7.03. The van der Waals surface area contributed by atoms with Gasteiger partial charge in [0.2, 0.25) is 5.95 Å². The molecule has 0 atom stereocenters. The number of para-hydroxylation sites is 1. The van der Waals surface area contributed by atoms with Crippen LogP contribution >= 0.6 is 0 Å². The number of carbonyl (C=O) groups excluding carboxylic acids is 1. The number of fused-ring (bicyclic) bond motifs is 3. The summed E-state index contributed by atoms with van der Waals surface area (Å²) in [7, 11) is 0. The Kier molecular flexibility index (Phi) is 4.42. The number of carbonyl (C=O) groups is 1. The summed E-state index contributed by atoms with van der Waals surface area (Å²) in [4.78, 5) is 16.8. The van der Waals surface area contributed by atoms with Crippen LogP contribution in [0.3, 0.4) is 0 Å². The number of hydrogen-bond donors (Lipinski definition) is 1. The number of rotatable bonds is 5. The van der Waals surface area contributed by atoms with Gasteiger partial charge in [-0.15, -0.1) is 10.2 Å². The van der Waals surface area contributed by atoms with Gasteiger partial charge in [-0.1, -0.05) is 25.1 Å². The number of benzene rings is 2. The number of nitrogens with one attached hydrogen (secondary N) is 1. The maximum atomic E-state index is 12.0. The average Bonchev–Trinajstić information content (AvgIpc) is 3.13. The van der Waals surface area contributed by atoms with Gasteiger partial charge in [0.1, 0.15) is 5.82 Å². The summed E-state index contributed by atoms with van der Waals surface area (Å²) in [5.41, 5.74) is 2.80. The molecule has 0 amide bonds. The number of esters is 1. The Labute approximate surface area is 156 Å². The minimum absolute atomic E-state index is 0.337. The van der Waals surface area contributed by atoms with Crippen LogP contribution in [-0.4, -0.2) is 32.2 Å². The summed E-state index contributed by atoms with van der Waals surface area (Å²) in [6.45, 7) is 4.15. The molecule has 0 spiro atoms. The molecule has 0 fully saturated rings. The predicted molar refractivity (Wildman–Crippen MR) is 103 cm³/mol. The predicted octanol–water partition coefficient (Wildman–Crippen LogP) is 3.76. The zero-order valence-electron chi connectivity index (χ0n) is 15.1. The van der Waals surface area contributed by atoms with Gasteiger partial charge in [-0.3, -0.25) is 0 Å². The largest absolute Gasteiger partial charge is 0.462 e. The van der Waals surface area contributed by atoms with Crippen LogP contribution in [0.4, 0.5) is 11.6 Å². The lowest BCUT2D eigenvalue weighted by Gasteiger charge is -2.12. The Bertz CT molecular complexity index is 1140. The molecule has 0 unspecified atom stereocenters. The number of nitrogens with zero attached hydrogens (tertiary/aromatic N) is 4. The van der Waals surface area contributed by atoms with E-state index in [9.17, 15) is 4.79 Å². The van der Waals surface area contributed by atoms with Crippen molar-refractivity contribution >= 4 is 34.2 Å². The topological polar surface area (TPSA) is 81.4 Å². The molecule has 0 saturated heterocycles. The number of ether oxygens (including phenoxy) is 1. The molecule has 0 radical (unpaired) electrons. The molecule has 2 aromatic carbocycles. The minimum atomic E-state index is -0.351. The lowest BCUT2D eigenvalue weighted by molar-refractivity contribution is 0.0526. The summed E-state index contributed by atoms with van der Waals surface area (Å²) < 4.78 is 6.99. The van der Waals surface area contributed by atoms with Gasteiger partial charge in [0, 0.05) is 17.5 Å². The lowest BCUT2D eigenvalue weighted by atomic mass is 10.2. The van der Waals surface area contributed by atoms with E-state index in [2.05, 4.69) is 15.5 Å². The van der Waals surface area contributed by atoms with E-state index in [0.717, 1.165) is 34.5 Å². The van der Waals surface area contributed by atoms with Crippen LogP contribution in [0, 0.1) is 0 Å². The van der Waals surface area contributed by atoms with Gasteiger partial charge in [0.05, 0.1) is 17.7 Å². The average molecular weight is 361 g/mol. The van der Waals surface area contributed by atoms with Crippen LogP contribution in [0.25, 0.3) is 16.6 Å². The highest BCUT2D eigenvalue weighted by Gasteiger charge is 2.15. The first-order chi connectivity index (χ1) is 13.2. The molecule has 4 rings (SSSR count). The SMILES string of the molecule is CCOC(=O)c1cccc(Nc2nc3ccccc3c3nnc(CC)n23)c1. The van der Waals surface area contributed by atoms with E-state index < -0.39 is 0 Å². The molecular weight excluding hydrogens is 342 g/mol. The Hall–Kier alpha value is -3.48. The summed E-state index contributed by atoms with van der Waals surface area (Å²) in [5.74, 6) is 1.06. The normalized spacial score (nSPS) is 11.0. The van der Waals surface area contributed by atoms with Crippen LogP contribution in [-0.2, 0) is 11.2 Å². The Balaban J connectivity index is 1.82. The van der Waals surface area contributed by atoms with Crippen molar-refractivity contribution < 1.29 is 9.53 Å². The van der Waals surface area contributed by atoms with Crippen molar-refractivity contribution in [3.8, 4) is 0 Å². The molecular formula is C20H19N5O2. The second-order valence-electron chi connectivity index (χ2n) is 6.01. The molecule has 0 aliphatic rings. The van der Waals surface area contributed by atoms with E-state index in [4.69, 9.17) is 9.72 Å². The van der Waals surface area contributed by atoms with Crippen molar-refractivity contribution in [3.05, 3.63) is 59.9 Å². The fourth-order valence-electron chi connectivity index (χ4n) is 3.02. The highest BCUT2D eigenvalue weighted by Crippen LogP contribution is 2.24. The molecule has 1 N–H and O–H groups in total. The minimum Gasteiger partial charge on any atom is -0.462 e. The van der Waals surface area contributed by atoms with Gasteiger partial charge < -0.3 is 10.1 Å². The zero-order chi connectivity index (χ0) is 18.8. The highest BCUT2D eigenvalue weighted by atomic mass is 16.5. The summed E-state index contributed by atoms with van der Waals surface area (Å²) in [6.07, 6.45) is 0.721. The van der Waals surface area contributed by atoms with Gasteiger partial charge in [-0.2, -0.15) is 0 Å². The van der Waals surface area contributed by atoms with E-state index in [1.165, 1.54) is 0 Å². The van der Waals surface area contributed by atoms with Gasteiger partial charge in [-0.25, -0.2) is 14.2 Å². The Morgan fingerprint density at radius 2 is 1.96 bits per heavy atom. The first-order valence-corrected chi connectivity index (χ1v) is 8.88. The van der Waals surface area contributed by atoms with E-state index in [1.807, 2.05) is 41.7 Å². The number of aromatic nitrogens is 4. The Morgan fingerprint density at radius 1 is 1.11 bits per heavy atom. The van der Waals surface area contributed by atoms with Crippen molar-refractivity contribution in [1.29, 1.82) is 0 Å². The molecule has 0 aliphatic carbocycles. The number of anilines is 2. The third kappa shape index (κ3) is 3.08. The molecule has 136 valence electrons. The van der Waals surface area contributed by atoms with Crippen LogP contribution in [0.15, 0.2) is 48.5 Å². The fraction of sp³-hybridized carbons (Fsp3) is 0.200. The Morgan fingerprint density at radius 3 is 2.78 bits per heavy atom. The summed E-state index contributed by atoms with van der Waals surface area (Å²) in [5, 5.41) is 12.9. The van der Waals surface area contributed by atoms with Gasteiger partial charge >= 0.3 is 5.97 Å². The monoisotopic (exact) mass is 361 g/mol. The standard InChI is InChI=1S/C20H19N5O2/c1-3-17-23-24-18-15-10-5-6-11-16(15)22-20(25(17)18)21-14-9-7-8-13(12-14)19(26)27-4-2/h5-12H,3-4H2,1-2H3,(H,21,22). The molecule has 2 heterocycles. The maximum Gasteiger partial charge on any atom is 0.338 e. The number of hydrogen-bond acceptors (Lipinski definition) is 6. The summed E-state index contributed by atoms with van der Waals surface area (Å²) in [6, 6.07) is 15.0. The first kappa shape index (κ1) is 17.0. The van der Waals surface area contributed by atoms with Gasteiger partial charge in [-0.05, 0) is 37.3 Å². The zero-order valence-corrected chi connectivity index (χ0v) is 15.1. The molecule has 4 aromatic rings. The number of aryl methyl sites for hydroxylation is 1. The quantitative estimate of drug-likeness (QED) is 0.545. The van der Waals surface area contributed by atoms with Crippen molar-refractivity contribution in [2.75, 3.05) is 11.9 Å². The molecule has 27 heavy (non-hydrogen) atoms. The first-order valence-electron chi connectivity index (χ1n) is 8.88. The van der Waals surface area contributed by atoms with Crippen LogP contribution < -0.4 is 5.32 Å². The van der Waals surface area contributed by atoms with E-state index >= 15 is 0 Å². The highest BCUT2D eigenvalue weighted by molar-refractivity contribution is 5.93. The van der Waals surface area contributed by atoms with Gasteiger partial charge in [0.15, 0.2) is 5.65 Å². The summed E-state index contributed by atoms with van der Waals surface area (Å²) >= 11 is 0. The third-order valence-corrected chi connectivity index (χ3v) is 4.26. The molecule has 0 bridgehead atoms. The van der Waals surface area contributed by atoms with Crippen LogP contribution in [0.1, 0.15) is 30.0 Å². The van der Waals surface area contributed by atoms with Crippen LogP contribution in [0.2, 0.25) is 0 Å². The van der Waals surface area contributed by atoms with Crippen molar-refractivity contribution in [3.63, 3.8) is 0 Å². The van der Waals surface area contributed by atoms with E-state index in [-0.39, 0.29) is 5.97 Å². The fourth-order valence-corrected chi connectivity index (χ4v) is 3.02. The maximum absolute atomic E-state index is 12.0. The van der Waals surface area contributed by atoms with Crippen molar-refractivity contribution in [2.45, 2.75) is 20.3 Å². The molecule has 7 nitrogen and oxygen atoms in total. The smallest absolute Gasteiger partial charge is 0.338 e. The third-order valence-electron chi connectivity index (χ3n) is 4.26.